The van der Waals surface area contributed by atoms with Crippen molar-refractivity contribution in [2.45, 2.75) is 37.9 Å². The highest BCUT2D eigenvalue weighted by atomic mass is 16.6. The van der Waals surface area contributed by atoms with E-state index >= 15 is 0 Å². The summed E-state index contributed by atoms with van der Waals surface area (Å²) in [6.45, 7) is 1.28. The lowest BCUT2D eigenvalue weighted by Gasteiger charge is -2.30. The molecular formula is C21H22O4. The molecule has 2 aromatic rings. The van der Waals surface area contributed by atoms with Crippen LogP contribution in [0.5, 0.6) is 0 Å². The highest BCUT2D eigenvalue weighted by Gasteiger charge is 2.54. The predicted molar refractivity (Wildman–Crippen MR) is 92.9 cm³/mol. The van der Waals surface area contributed by atoms with Crippen molar-refractivity contribution < 1.29 is 19.0 Å². The smallest absolute Gasteiger partial charge is 0.170 e. The van der Waals surface area contributed by atoms with Gasteiger partial charge in [0.25, 0.3) is 0 Å². The zero-order chi connectivity index (χ0) is 17.1. The largest absolute Gasteiger partial charge is 0.374 e. The molecule has 0 amide bonds. The molecule has 1 aliphatic heterocycles. The van der Waals surface area contributed by atoms with E-state index in [1.807, 2.05) is 60.7 Å². The maximum absolute atomic E-state index is 12.6. The Balaban J connectivity index is 1.35. The number of ketones is 1. The molecule has 0 unspecified atom stereocenters. The molecule has 4 rings (SSSR count). The zero-order valence-corrected chi connectivity index (χ0v) is 14.0. The van der Waals surface area contributed by atoms with Crippen LogP contribution in [-0.4, -0.2) is 30.7 Å². The molecule has 4 atom stereocenters. The van der Waals surface area contributed by atoms with Gasteiger partial charge in [-0.15, -0.1) is 0 Å². The Hall–Kier alpha value is -2.01. The minimum absolute atomic E-state index is 0.0196. The van der Waals surface area contributed by atoms with Gasteiger partial charge in [-0.2, -0.15) is 0 Å². The van der Waals surface area contributed by atoms with E-state index in [2.05, 4.69) is 0 Å². The van der Waals surface area contributed by atoms with Crippen molar-refractivity contribution in [3.63, 3.8) is 0 Å². The van der Waals surface area contributed by atoms with E-state index < -0.39 is 6.10 Å². The molecular weight excluding hydrogens is 316 g/mol. The van der Waals surface area contributed by atoms with Gasteiger partial charge in [-0.1, -0.05) is 60.7 Å². The van der Waals surface area contributed by atoms with Crippen LogP contribution in [-0.2, 0) is 32.2 Å². The molecule has 1 saturated carbocycles. The van der Waals surface area contributed by atoms with Gasteiger partial charge in [-0.3, -0.25) is 4.79 Å². The maximum atomic E-state index is 12.6. The molecule has 0 spiro atoms. The van der Waals surface area contributed by atoms with Crippen LogP contribution in [0.2, 0.25) is 0 Å². The molecule has 0 aromatic heterocycles. The summed E-state index contributed by atoms with van der Waals surface area (Å²) in [7, 11) is 0. The van der Waals surface area contributed by atoms with Crippen LogP contribution in [0, 0.1) is 5.92 Å². The van der Waals surface area contributed by atoms with Gasteiger partial charge in [0.2, 0.25) is 0 Å². The van der Waals surface area contributed by atoms with Gasteiger partial charge in [-0.05, 0) is 17.5 Å². The SMILES string of the molecule is O=C1[C@@H](OCc2ccccc2)[C@@H](COCc2ccccc2)O[C@H]2C[C@@H]12. The van der Waals surface area contributed by atoms with Gasteiger partial charge in [-0.25, -0.2) is 0 Å². The van der Waals surface area contributed by atoms with Crippen molar-refractivity contribution in [3.05, 3.63) is 71.8 Å². The van der Waals surface area contributed by atoms with E-state index in [1.54, 1.807) is 0 Å². The monoisotopic (exact) mass is 338 g/mol. The Morgan fingerprint density at radius 2 is 1.56 bits per heavy atom. The Bertz CT molecular complexity index is 700. The van der Waals surface area contributed by atoms with Crippen LogP contribution in [0.15, 0.2) is 60.7 Å². The molecule has 25 heavy (non-hydrogen) atoms. The molecule has 2 aliphatic rings. The molecule has 1 heterocycles. The number of ether oxygens (including phenoxy) is 3. The third kappa shape index (κ3) is 3.98. The van der Waals surface area contributed by atoms with Gasteiger partial charge >= 0.3 is 0 Å². The van der Waals surface area contributed by atoms with E-state index in [9.17, 15) is 4.79 Å². The second-order valence-electron chi connectivity index (χ2n) is 6.68. The van der Waals surface area contributed by atoms with Crippen molar-refractivity contribution in [3.8, 4) is 0 Å². The molecule has 0 radical (unpaired) electrons. The highest BCUT2D eigenvalue weighted by Crippen LogP contribution is 2.42. The lowest BCUT2D eigenvalue weighted by molar-refractivity contribution is -0.166. The lowest BCUT2D eigenvalue weighted by atomic mass is 10.0. The third-order valence-corrected chi connectivity index (χ3v) is 4.73. The van der Waals surface area contributed by atoms with E-state index in [-0.39, 0.29) is 23.9 Å². The summed E-state index contributed by atoms with van der Waals surface area (Å²) in [6, 6.07) is 19.9. The minimum Gasteiger partial charge on any atom is -0.374 e. The third-order valence-electron chi connectivity index (χ3n) is 4.73. The molecule has 0 N–H and O–H groups in total. The van der Waals surface area contributed by atoms with Gasteiger partial charge < -0.3 is 14.2 Å². The van der Waals surface area contributed by atoms with Crippen LogP contribution in [0.4, 0.5) is 0 Å². The van der Waals surface area contributed by atoms with Crippen LogP contribution in [0.1, 0.15) is 17.5 Å². The Morgan fingerprint density at radius 1 is 0.920 bits per heavy atom. The molecule has 1 saturated heterocycles. The van der Waals surface area contributed by atoms with Crippen molar-refractivity contribution in [2.75, 3.05) is 6.61 Å². The maximum Gasteiger partial charge on any atom is 0.170 e. The number of rotatable bonds is 7. The summed E-state index contributed by atoms with van der Waals surface area (Å²) < 4.78 is 17.7. The topological polar surface area (TPSA) is 44.8 Å². The van der Waals surface area contributed by atoms with Gasteiger partial charge in [0, 0.05) is 5.92 Å². The first kappa shape index (κ1) is 16.5. The van der Waals surface area contributed by atoms with Crippen molar-refractivity contribution in [2.24, 2.45) is 5.92 Å². The summed E-state index contributed by atoms with van der Waals surface area (Å²) in [6.07, 6.45) is 0.0111. The molecule has 2 aromatic carbocycles. The number of carbonyl (C=O) groups is 1. The summed E-state index contributed by atoms with van der Waals surface area (Å²) in [5, 5.41) is 0. The standard InChI is InChI=1S/C21H22O4/c22-20-17-11-18(17)25-19(14-23-12-15-7-3-1-4-8-15)21(20)24-13-16-9-5-2-6-10-16/h1-10,17-19,21H,11-14H2/t17-,18+,19-,21+/m1/s1. The number of benzene rings is 2. The Morgan fingerprint density at radius 3 is 2.24 bits per heavy atom. The van der Waals surface area contributed by atoms with Crippen molar-refractivity contribution in [1.29, 1.82) is 0 Å². The number of hydrogen-bond donors (Lipinski definition) is 0. The number of carbonyl (C=O) groups excluding carboxylic acids is 1. The van der Waals surface area contributed by atoms with Crippen LogP contribution in [0.25, 0.3) is 0 Å². The van der Waals surface area contributed by atoms with E-state index in [4.69, 9.17) is 14.2 Å². The Kier molecular flexibility index (Phi) is 4.92. The fraction of sp³-hybridized carbons (Fsp3) is 0.381. The van der Waals surface area contributed by atoms with Gasteiger partial charge in [0.1, 0.15) is 12.2 Å². The second-order valence-corrected chi connectivity index (χ2v) is 6.68. The summed E-state index contributed by atoms with van der Waals surface area (Å²) >= 11 is 0. The van der Waals surface area contributed by atoms with E-state index in [0.29, 0.717) is 19.8 Å². The predicted octanol–water partition coefficient (Wildman–Crippen LogP) is 3.15. The molecule has 4 heteroatoms. The van der Waals surface area contributed by atoms with Crippen LogP contribution < -0.4 is 0 Å². The van der Waals surface area contributed by atoms with Crippen molar-refractivity contribution >= 4 is 5.78 Å². The molecule has 1 aliphatic carbocycles. The number of fused-ring (bicyclic) bond motifs is 1. The fourth-order valence-electron chi connectivity index (χ4n) is 3.26. The summed E-state index contributed by atoms with van der Waals surface area (Å²) in [5.74, 6) is 0.187. The van der Waals surface area contributed by atoms with Crippen LogP contribution in [0.3, 0.4) is 0 Å². The first-order chi connectivity index (χ1) is 12.3. The van der Waals surface area contributed by atoms with E-state index in [0.717, 1.165) is 17.5 Å². The average molecular weight is 338 g/mol. The zero-order valence-electron chi connectivity index (χ0n) is 14.0. The first-order valence-corrected chi connectivity index (χ1v) is 8.77. The number of Topliss-reactive ketones (excluding diaryl/α,β-unsaturated/α-hetero) is 1. The highest BCUT2D eigenvalue weighted by molar-refractivity contribution is 5.89. The quantitative estimate of drug-likeness (QED) is 0.778. The van der Waals surface area contributed by atoms with E-state index in [1.165, 1.54) is 0 Å². The minimum atomic E-state index is -0.542. The normalized spacial score (nSPS) is 27.8. The van der Waals surface area contributed by atoms with Crippen molar-refractivity contribution in [1.82, 2.24) is 0 Å². The summed E-state index contributed by atoms with van der Waals surface area (Å²) in [5.41, 5.74) is 2.16. The lowest BCUT2D eigenvalue weighted by Crippen LogP contribution is -2.46. The molecule has 0 bridgehead atoms. The Labute approximate surface area is 147 Å². The second kappa shape index (κ2) is 7.48. The summed E-state index contributed by atoms with van der Waals surface area (Å²) in [4.78, 5) is 12.6. The number of hydrogen-bond acceptors (Lipinski definition) is 4. The first-order valence-electron chi connectivity index (χ1n) is 8.77. The average Bonchev–Trinajstić information content (AvgIpc) is 3.43. The van der Waals surface area contributed by atoms with Gasteiger partial charge in [0.05, 0.1) is 25.9 Å². The van der Waals surface area contributed by atoms with Crippen LogP contribution >= 0.6 is 0 Å². The fourth-order valence-corrected chi connectivity index (χ4v) is 3.26. The van der Waals surface area contributed by atoms with Gasteiger partial charge in [0.15, 0.2) is 5.78 Å². The molecule has 4 nitrogen and oxygen atoms in total. The molecule has 130 valence electrons. The molecule has 2 fully saturated rings.